The summed E-state index contributed by atoms with van der Waals surface area (Å²) >= 11 is 0. The predicted octanol–water partition coefficient (Wildman–Crippen LogP) is 13.1. The van der Waals surface area contributed by atoms with E-state index in [0.29, 0.717) is 22.3 Å². The SMILES string of the molecule is [2H]C1([2H])c2ccc(C3(c4ccc5c(c4)C([2H])([2H])C5([2H])[2H])c4ccccc4-c4ccc(N(c5ccc(-c6ccccc6)cc5)c5ccc(-c6ccccc6)cc5)cc43)cc2C1([2H])[2H]. The van der Waals surface area contributed by atoms with Gasteiger partial charge in [-0.15, -0.1) is 0 Å². The van der Waals surface area contributed by atoms with Gasteiger partial charge in [-0.25, -0.2) is 0 Å². The molecule has 0 radical (unpaired) electrons. The van der Waals surface area contributed by atoms with Crippen LogP contribution in [-0.4, -0.2) is 0 Å². The first kappa shape index (κ1) is 24.0. The molecule has 11 rings (SSSR count). The van der Waals surface area contributed by atoms with Crippen LogP contribution >= 0.6 is 0 Å². The molecule has 1 nitrogen and oxygen atoms in total. The summed E-state index contributed by atoms with van der Waals surface area (Å²) in [4.78, 5) is 2.23. The summed E-state index contributed by atoms with van der Waals surface area (Å²) in [5.74, 6) is 0. The second kappa shape index (κ2) is 12.3. The van der Waals surface area contributed by atoms with Gasteiger partial charge in [0.15, 0.2) is 0 Å². The summed E-state index contributed by atoms with van der Waals surface area (Å²) in [5.41, 5.74) is 12.4. The van der Waals surface area contributed by atoms with E-state index in [1.54, 1.807) is 24.3 Å². The zero-order valence-electron chi connectivity index (χ0n) is 37.3. The lowest BCUT2D eigenvalue weighted by atomic mass is 9.65. The Bertz CT molecular complexity index is 2910. The van der Waals surface area contributed by atoms with Crippen LogP contribution in [0.1, 0.15) is 55.5 Å². The van der Waals surface area contributed by atoms with Crippen molar-refractivity contribution in [1.82, 2.24) is 0 Å². The molecular weight excluding hydrogens is 651 g/mol. The van der Waals surface area contributed by atoms with Gasteiger partial charge >= 0.3 is 0 Å². The van der Waals surface area contributed by atoms with Crippen LogP contribution in [-0.2, 0) is 30.9 Å². The molecule has 8 aromatic carbocycles. The summed E-state index contributed by atoms with van der Waals surface area (Å²) in [6.07, 6.45) is -8.77. The molecule has 0 aliphatic heterocycles. The van der Waals surface area contributed by atoms with Crippen molar-refractivity contribution >= 4 is 17.1 Å². The molecule has 0 saturated carbocycles. The zero-order chi connectivity index (χ0) is 42.8. The maximum absolute atomic E-state index is 8.86. The highest BCUT2D eigenvalue weighted by molar-refractivity contribution is 5.90. The maximum Gasteiger partial charge on any atom is 0.0714 e. The van der Waals surface area contributed by atoms with Gasteiger partial charge in [0.2, 0.25) is 0 Å². The third-order valence-electron chi connectivity index (χ3n) is 11.3. The largest absolute Gasteiger partial charge is 0.310 e. The standard InChI is InChI=1S/C53H39N/c1-3-9-36(10-4-1)38-21-27-46(28-22-38)54(47-29-23-39(24-30-47)37-11-5-2-6-12-37)48-31-32-50-49-13-7-8-14-51(49)53(52(50)35-48,44-25-19-40-15-17-42(40)33-44)45-26-20-41-16-18-43(41)34-45/h1-14,19-35H,15-18H2/i15D2,16D2,17D2,18D2. The monoisotopic (exact) mass is 697 g/mol. The van der Waals surface area contributed by atoms with Gasteiger partial charge in [0.05, 0.1) is 5.41 Å². The first-order valence-electron chi connectivity index (χ1n) is 22.4. The van der Waals surface area contributed by atoms with E-state index in [9.17, 15) is 0 Å². The Balaban J connectivity index is 1.16. The molecular formula is C53H39N. The fourth-order valence-electron chi connectivity index (χ4n) is 8.63. The Morgan fingerprint density at radius 1 is 0.352 bits per heavy atom. The van der Waals surface area contributed by atoms with Gasteiger partial charge in [-0.2, -0.15) is 0 Å². The van der Waals surface area contributed by atoms with Gasteiger partial charge in [0, 0.05) is 28.0 Å². The molecule has 0 unspecified atom stereocenters. The summed E-state index contributed by atoms with van der Waals surface area (Å²) in [5, 5.41) is 0. The number of aryl methyl sites for hydroxylation is 4. The highest BCUT2D eigenvalue weighted by Crippen LogP contribution is 2.58. The van der Waals surface area contributed by atoms with Gasteiger partial charge in [0.25, 0.3) is 0 Å². The molecule has 8 aromatic rings. The van der Waals surface area contributed by atoms with E-state index in [1.165, 1.54) is 0 Å². The van der Waals surface area contributed by atoms with E-state index >= 15 is 0 Å². The normalized spacial score (nSPS) is 20.1. The highest BCUT2D eigenvalue weighted by Gasteiger charge is 2.47. The van der Waals surface area contributed by atoms with Gasteiger partial charge in [-0.3, -0.25) is 0 Å². The lowest BCUT2D eigenvalue weighted by molar-refractivity contribution is 0.740. The third-order valence-corrected chi connectivity index (χ3v) is 11.3. The molecule has 0 spiro atoms. The summed E-state index contributed by atoms with van der Waals surface area (Å²) in [6.45, 7) is 0. The van der Waals surface area contributed by atoms with Crippen LogP contribution in [0.5, 0.6) is 0 Å². The van der Waals surface area contributed by atoms with Crippen molar-refractivity contribution in [3.05, 3.63) is 233 Å². The third kappa shape index (κ3) is 4.78. The second-order valence-electron chi connectivity index (χ2n) is 14.2. The number of hydrogen-bond acceptors (Lipinski definition) is 1. The topological polar surface area (TPSA) is 3.24 Å². The lowest BCUT2D eigenvalue weighted by Gasteiger charge is -2.37. The van der Waals surface area contributed by atoms with Gasteiger partial charge < -0.3 is 4.90 Å². The van der Waals surface area contributed by atoms with Crippen molar-refractivity contribution in [2.45, 2.75) is 30.9 Å². The van der Waals surface area contributed by atoms with E-state index < -0.39 is 30.9 Å². The number of rotatable bonds is 7. The van der Waals surface area contributed by atoms with Crippen LogP contribution in [0, 0.1) is 0 Å². The molecule has 0 atom stereocenters. The molecule has 0 heterocycles. The van der Waals surface area contributed by atoms with Crippen molar-refractivity contribution in [2.75, 3.05) is 4.90 Å². The van der Waals surface area contributed by atoms with Crippen LogP contribution in [0.2, 0.25) is 0 Å². The average molecular weight is 698 g/mol. The van der Waals surface area contributed by atoms with Crippen LogP contribution in [0.25, 0.3) is 33.4 Å². The van der Waals surface area contributed by atoms with E-state index in [1.807, 2.05) is 60.7 Å². The molecule has 3 aliphatic rings. The van der Waals surface area contributed by atoms with Crippen LogP contribution in [0.15, 0.2) is 188 Å². The minimum absolute atomic E-state index is 0.288. The van der Waals surface area contributed by atoms with Gasteiger partial charge in [-0.1, -0.05) is 152 Å². The molecule has 0 bridgehead atoms. The van der Waals surface area contributed by atoms with E-state index in [4.69, 9.17) is 11.0 Å². The number of anilines is 3. The summed E-state index contributed by atoms with van der Waals surface area (Å²) in [6, 6.07) is 62.9. The Morgan fingerprint density at radius 2 is 0.796 bits per heavy atom. The van der Waals surface area contributed by atoms with Crippen LogP contribution < -0.4 is 4.90 Å². The van der Waals surface area contributed by atoms with Crippen molar-refractivity contribution in [3.8, 4) is 33.4 Å². The number of hydrogen-bond donors (Lipinski definition) is 0. The van der Waals surface area contributed by atoms with E-state index in [0.717, 1.165) is 61.6 Å². The molecule has 3 aliphatic carbocycles. The molecule has 54 heavy (non-hydrogen) atoms. The number of fused-ring (bicyclic) bond motifs is 5. The summed E-state index contributed by atoms with van der Waals surface area (Å²) in [7, 11) is 0. The zero-order valence-corrected chi connectivity index (χ0v) is 29.3. The average Bonchev–Trinajstić information content (AvgIpc) is 3.60. The van der Waals surface area contributed by atoms with Crippen LogP contribution in [0.4, 0.5) is 17.1 Å². The molecule has 0 N–H and O–H groups in total. The lowest BCUT2D eigenvalue weighted by Crippen LogP contribution is -2.30. The van der Waals surface area contributed by atoms with Crippen molar-refractivity contribution in [2.24, 2.45) is 0 Å². The molecule has 256 valence electrons. The predicted molar refractivity (Wildman–Crippen MR) is 224 cm³/mol. The first-order chi connectivity index (χ1) is 29.8. The van der Waals surface area contributed by atoms with Crippen molar-refractivity contribution in [3.63, 3.8) is 0 Å². The van der Waals surface area contributed by atoms with E-state index in [2.05, 4.69) is 108 Å². The molecule has 0 fully saturated rings. The quantitative estimate of drug-likeness (QED) is 0.160. The Hall–Kier alpha value is -6.44. The number of benzene rings is 8. The number of nitrogens with zero attached hydrogens (tertiary/aromatic N) is 1. The first-order valence-corrected chi connectivity index (χ1v) is 18.4. The van der Waals surface area contributed by atoms with E-state index in [-0.39, 0.29) is 11.1 Å². The second-order valence-corrected chi connectivity index (χ2v) is 14.2. The summed E-state index contributed by atoms with van der Waals surface area (Å²) < 4.78 is 69.8. The fraction of sp³-hybridized carbons (Fsp3) is 0.0943. The minimum atomic E-state index is -2.23. The molecule has 0 amide bonds. The highest BCUT2D eigenvalue weighted by atomic mass is 15.1. The molecule has 0 saturated heterocycles. The van der Waals surface area contributed by atoms with Crippen LogP contribution in [0.3, 0.4) is 0 Å². The molecule has 1 heteroatoms. The van der Waals surface area contributed by atoms with Gasteiger partial charge in [0.1, 0.15) is 0 Å². The van der Waals surface area contributed by atoms with Crippen molar-refractivity contribution in [1.29, 1.82) is 0 Å². The Labute approximate surface area is 329 Å². The Kier molecular flexibility index (Phi) is 5.47. The fourth-order valence-corrected chi connectivity index (χ4v) is 8.63. The van der Waals surface area contributed by atoms with Gasteiger partial charge in [-0.05, 0) is 140 Å². The Morgan fingerprint density at radius 3 is 1.35 bits per heavy atom. The minimum Gasteiger partial charge on any atom is -0.310 e. The maximum atomic E-state index is 8.86. The molecule has 0 aromatic heterocycles. The van der Waals surface area contributed by atoms with Crippen molar-refractivity contribution < 1.29 is 11.0 Å². The smallest absolute Gasteiger partial charge is 0.0714 e.